The average molecular weight is 355 g/mol. The van der Waals surface area contributed by atoms with E-state index in [1.807, 2.05) is 54.6 Å². The highest BCUT2D eigenvalue weighted by atomic mass is 16.3. The van der Waals surface area contributed by atoms with Crippen molar-refractivity contribution in [1.82, 2.24) is 0 Å². The number of hydrogen-bond acceptors (Lipinski definition) is 3. The van der Waals surface area contributed by atoms with E-state index in [1.165, 1.54) is 4.90 Å². The molecule has 3 aromatic rings. The molecule has 1 N–H and O–H groups in total. The summed E-state index contributed by atoms with van der Waals surface area (Å²) in [5.41, 5.74) is 1.98. The number of Topliss-reactive ketones (excluding diaryl/α,β-unsaturated/α-hetero) is 1. The first-order valence-corrected chi connectivity index (χ1v) is 8.65. The van der Waals surface area contributed by atoms with E-state index < -0.39 is 17.7 Å². The molecule has 0 bridgehead atoms. The van der Waals surface area contributed by atoms with Crippen LogP contribution in [-0.4, -0.2) is 16.8 Å². The van der Waals surface area contributed by atoms with Gasteiger partial charge in [-0.1, -0.05) is 78.9 Å². The Bertz CT molecular complexity index is 1010. The number of amides is 1. The Morgan fingerprint density at radius 1 is 0.741 bits per heavy atom. The van der Waals surface area contributed by atoms with Crippen LogP contribution in [0.1, 0.15) is 17.2 Å². The second-order valence-electron chi connectivity index (χ2n) is 6.28. The van der Waals surface area contributed by atoms with Crippen molar-refractivity contribution < 1.29 is 14.7 Å². The number of anilines is 1. The van der Waals surface area contributed by atoms with Gasteiger partial charge in [0.2, 0.25) is 0 Å². The van der Waals surface area contributed by atoms with Gasteiger partial charge in [-0.25, -0.2) is 0 Å². The van der Waals surface area contributed by atoms with Crippen molar-refractivity contribution in [2.24, 2.45) is 0 Å². The molecule has 0 aliphatic carbocycles. The third kappa shape index (κ3) is 2.91. The second kappa shape index (κ2) is 6.92. The third-order valence-corrected chi connectivity index (χ3v) is 4.64. The van der Waals surface area contributed by atoms with E-state index in [2.05, 4.69) is 0 Å². The molecule has 1 heterocycles. The van der Waals surface area contributed by atoms with E-state index >= 15 is 0 Å². The van der Waals surface area contributed by atoms with Crippen LogP contribution in [0.25, 0.3) is 5.76 Å². The first-order valence-electron chi connectivity index (χ1n) is 8.65. The van der Waals surface area contributed by atoms with Crippen molar-refractivity contribution >= 4 is 23.1 Å². The molecule has 1 amide bonds. The minimum Gasteiger partial charge on any atom is -0.507 e. The van der Waals surface area contributed by atoms with E-state index in [-0.39, 0.29) is 11.3 Å². The SMILES string of the molecule is O=C1C(=O)N(c2ccccc2)[C@@H](c2ccccc2)/C1=C(\O)c1ccccc1. The highest BCUT2D eigenvalue weighted by Gasteiger charge is 2.46. The quantitative estimate of drug-likeness (QED) is 0.433. The zero-order valence-electron chi connectivity index (χ0n) is 14.4. The predicted octanol–water partition coefficient (Wildman–Crippen LogP) is 4.31. The Balaban J connectivity index is 1.95. The van der Waals surface area contributed by atoms with Crippen LogP contribution in [0.4, 0.5) is 5.69 Å². The average Bonchev–Trinajstić information content (AvgIpc) is 3.00. The van der Waals surface area contributed by atoms with Crippen LogP contribution in [0.15, 0.2) is 96.6 Å². The molecule has 1 atom stereocenters. The molecule has 0 saturated carbocycles. The maximum absolute atomic E-state index is 12.9. The fourth-order valence-electron chi connectivity index (χ4n) is 3.39. The molecule has 27 heavy (non-hydrogen) atoms. The van der Waals surface area contributed by atoms with Crippen LogP contribution in [0.2, 0.25) is 0 Å². The Labute approximate surface area is 157 Å². The van der Waals surface area contributed by atoms with Gasteiger partial charge in [-0.15, -0.1) is 0 Å². The minimum atomic E-state index is -0.686. The van der Waals surface area contributed by atoms with E-state index in [1.54, 1.807) is 36.4 Å². The fourth-order valence-corrected chi connectivity index (χ4v) is 3.39. The summed E-state index contributed by atoms with van der Waals surface area (Å²) in [6.45, 7) is 0. The summed E-state index contributed by atoms with van der Waals surface area (Å²) in [6.07, 6.45) is 0. The lowest BCUT2D eigenvalue weighted by Gasteiger charge is -2.25. The molecule has 1 aliphatic heterocycles. The van der Waals surface area contributed by atoms with Crippen LogP contribution in [0, 0.1) is 0 Å². The number of para-hydroxylation sites is 1. The highest BCUT2D eigenvalue weighted by Crippen LogP contribution is 2.41. The van der Waals surface area contributed by atoms with Gasteiger partial charge in [0.25, 0.3) is 11.7 Å². The molecule has 0 spiro atoms. The number of benzene rings is 3. The summed E-state index contributed by atoms with van der Waals surface area (Å²) in [5.74, 6) is -1.50. The molecule has 3 aromatic carbocycles. The number of aliphatic hydroxyl groups is 1. The first-order chi connectivity index (χ1) is 13.2. The Kier molecular flexibility index (Phi) is 4.30. The van der Waals surface area contributed by atoms with E-state index in [0.29, 0.717) is 11.3 Å². The zero-order chi connectivity index (χ0) is 18.8. The number of nitrogens with zero attached hydrogens (tertiary/aromatic N) is 1. The van der Waals surface area contributed by atoms with Crippen molar-refractivity contribution in [3.63, 3.8) is 0 Å². The number of ketones is 1. The largest absolute Gasteiger partial charge is 0.507 e. The topological polar surface area (TPSA) is 57.6 Å². The number of rotatable bonds is 3. The van der Waals surface area contributed by atoms with Crippen molar-refractivity contribution in [2.75, 3.05) is 4.90 Å². The van der Waals surface area contributed by atoms with E-state index in [0.717, 1.165) is 5.56 Å². The van der Waals surface area contributed by atoms with Gasteiger partial charge in [-0.05, 0) is 17.7 Å². The Morgan fingerprint density at radius 2 is 1.26 bits per heavy atom. The fraction of sp³-hybridized carbons (Fsp3) is 0.0435. The number of aliphatic hydroxyl groups excluding tert-OH is 1. The molecule has 1 aliphatic rings. The van der Waals surface area contributed by atoms with Gasteiger partial charge in [0.1, 0.15) is 5.76 Å². The maximum Gasteiger partial charge on any atom is 0.300 e. The summed E-state index contributed by atoms with van der Waals surface area (Å²) >= 11 is 0. The Morgan fingerprint density at radius 3 is 1.85 bits per heavy atom. The first kappa shape index (κ1) is 16.8. The zero-order valence-corrected chi connectivity index (χ0v) is 14.4. The Hall–Kier alpha value is -3.66. The molecule has 1 saturated heterocycles. The molecule has 4 nitrogen and oxygen atoms in total. The maximum atomic E-state index is 12.9. The molecule has 0 radical (unpaired) electrons. The molecular weight excluding hydrogens is 338 g/mol. The lowest BCUT2D eigenvalue weighted by atomic mass is 9.95. The van der Waals surface area contributed by atoms with Gasteiger partial charge >= 0.3 is 0 Å². The minimum absolute atomic E-state index is 0.0984. The molecule has 132 valence electrons. The monoisotopic (exact) mass is 355 g/mol. The second-order valence-corrected chi connectivity index (χ2v) is 6.28. The molecule has 4 heteroatoms. The summed E-state index contributed by atoms with van der Waals surface area (Å²) in [4.78, 5) is 27.2. The van der Waals surface area contributed by atoms with Crippen LogP contribution >= 0.6 is 0 Å². The standard InChI is InChI=1S/C23H17NO3/c25-21(17-12-6-2-7-13-17)19-20(16-10-4-1-5-11-16)24(23(27)22(19)26)18-14-8-3-9-15-18/h1-15,20,25H/b21-19+/t20-/m0/s1. The highest BCUT2D eigenvalue weighted by molar-refractivity contribution is 6.51. The van der Waals surface area contributed by atoms with Crippen LogP contribution in [0.3, 0.4) is 0 Å². The van der Waals surface area contributed by atoms with Gasteiger partial charge in [-0.3, -0.25) is 14.5 Å². The number of carbonyl (C=O) groups is 2. The van der Waals surface area contributed by atoms with Gasteiger partial charge in [0, 0.05) is 11.3 Å². The van der Waals surface area contributed by atoms with Gasteiger partial charge in [0.05, 0.1) is 11.6 Å². The van der Waals surface area contributed by atoms with Gasteiger partial charge in [-0.2, -0.15) is 0 Å². The molecular formula is C23H17NO3. The van der Waals surface area contributed by atoms with Crippen LogP contribution in [-0.2, 0) is 9.59 Å². The van der Waals surface area contributed by atoms with E-state index in [9.17, 15) is 14.7 Å². The smallest absolute Gasteiger partial charge is 0.300 e. The van der Waals surface area contributed by atoms with Crippen LogP contribution in [0.5, 0.6) is 0 Å². The summed E-state index contributed by atoms with van der Waals surface area (Å²) in [6, 6.07) is 26.4. The molecule has 0 aromatic heterocycles. The van der Waals surface area contributed by atoms with Crippen molar-refractivity contribution in [2.45, 2.75) is 6.04 Å². The normalized spacial score (nSPS) is 18.7. The third-order valence-electron chi connectivity index (χ3n) is 4.64. The van der Waals surface area contributed by atoms with Gasteiger partial charge in [0.15, 0.2) is 0 Å². The molecule has 0 unspecified atom stereocenters. The lowest BCUT2D eigenvalue weighted by Crippen LogP contribution is -2.29. The summed E-state index contributed by atoms with van der Waals surface area (Å²) in [7, 11) is 0. The van der Waals surface area contributed by atoms with Crippen LogP contribution < -0.4 is 4.90 Å². The number of hydrogen-bond donors (Lipinski definition) is 1. The summed E-state index contributed by atoms with van der Waals surface area (Å²) in [5, 5.41) is 10.9. The number of carbonyl (C=O) groups excluding carboxylic acids is 2. The van der Waals surface area contributed by atoms with Crippen molar-refractivity contribution in [1.29, 1.82) is 0 Å². The summed E-state index contributed by atoms with van der Waals surface area (Å²) < 4.78 is 0. The van der Waals surface area contributed by atoms with Crippen molar-refractivity contribution in [3.8, 4) is 0 Å². The van der Waals surface area contributed by atoms with E-state index in [4.69, 9.17) is 0 Å². The molecule has 1 fully saturated rings. The van der Waals surface area contributed by atoms with Gasteiger partial charge < -0.3 is 5.11 Å². The predicted molar refractivity (Wildman–Crippen MR) is 104 cm³/mol. The molecule has 4 rings (SSSR count). The lowest BCUT2D eigenvalue weighted by molar-refractivity contribution is -0.132. The van der Waals surface area contributed by atoms with Crippen molar-refractivity contribution in [3.05, 3.63) is 108 Å².